The topological polar surface area (TPSA) is 44.1 Å². The van der Waals surface area contributed by atoms with Crippen molar-refractivity contribution in [3.63, 3.8) is 0 Å². The second-order valence-electron chi connectivity index (χ2n) is 5.79. The molecule has 1 atom stereocenters. The highest BCUT2D eigenvalue weighted by molar-refractivity contribution is 5.79. The monoisotopic (exact) mass is 256 g/mol. The summed E-state index contributed by atoms with van der Waals surface area (Å²) in [6, 6.07) is 2.26. The van der Waals surface area contributed by atoms with Gasteiger partial charge in [0, 0.05) is 31.8 Å². The van der Waals surface area contributed by atoms with Gasteiger partial charge in [-0.3, -0.25) is 4.79 Å². The molecule has 1 aliphatic heterocycles. The van der Waals surface area contributed by atoms with Crippen LogP contribution in [-0.2, 0) is 4.79 Å². The lowest BCUT2D eigenvalue weighted by Crippen LogP contribution is -2.44. The third-order valence-electron chi connectivity index (χ3n) is 4.20. The Balaban J connectivity index is 1.91. The third-order valence-corrected chi connectivity index (χ3v) is 4.20. The van der Waals surface area contributed by atoms with Crippen LogP contribution in [0, 0.1) is 22.7 Å². The molecule has 2 fully saturated rings. The Morgan fingerprint density at radius 3 is 2.39 bits per heavy atom. The number of alkyl halides is 2. The Labute approximate surface area is 106 Å². The molecule has 5 heteroatoms. The van der Waals surface area contributed by atoms with E-state index in [-0.39, 0.29) is 30.6 Å². The summed E-state index contributed by atoms with van der Waals surface area (Å²) >= 11 is 0. The van der Waals surface area contributed by atoms with Crippen LogP contribution in [0.15, 0.2) is 0 Å². The maximum atomic E-state index is 13.1. The first-order chi connectivity index (χ1) is 8.35. The molecule has 18 heavy (non-hydrogen) atoms. The number of carbonyl (C=O) groups excluding carboxylic acids is 1. The van der Waals surface area contributed by atoms with Crippen molar-refractivity contribution in [1.82, 2.24) is 4.90 Å². The quantitative estimate of drug-likeness (QED) is 0.723. The lowest BCUT2D eigenvalue weighted by molar-refractivity contribution is -0.138. The first-order valence-electron chi connectivity index (χ1n) is 6.43. The molecule has 0 aromatic rings. The van der Waals surface area contributed by atoms with Crippen LogP contribution in [0.4, 0.5) is 8.78 Å². The van der Waals surface area contributed by atoms with E-state index < -0.39 is 11.8 Å². The first-order valence-corrected chi connectivity index (χ1v) is 6.43. The molecule has 0 aromatic carbocycles. The number of amides is 1. The van der Waals surface area contributed by atoms with Gasteiger partial charge < -0.3 is 4.90 Å². The van der Waals surface area contributed by atoms with E-state index >= 15 is 0 Å². The Morgan fingerprint density at radius 2 is 1.94 bits per heavy atom. The Morgan fingerprint density at radius 1 is 1.33 bits per heavy atom. The molecule has 1 saturated heterocycles. The lowest BCUT2D eigenvalue weighted by Gasteiger charge is -2.36. The summed E-state index contributed by atoms with van der Waals surface area (Å²) in [6.07, 6.45) is 1.08. The molecular formula is C13H18F2N2O. The van der Waals surface area contributed by atoms with Gasteiger partial charge in [-0.25, -0.2) is 8.78 Å². The number of nitriles is 1. The molecule has 0 aromatic heterocycles. The van der Waals surface area contributed by atoms with E-state index in [1.54, 1.807) is 4.90 Å². The summed E-state index contributed by atoms with van der Waals surface area (Å²) in [5, 5.41) is 9.00. The highest BCUT2D eigenvalue weighted by Crippen LogP contribution is 2.40. The van der Waals surface area contributed by atoms with Crippen molar-refractivity contribution in [2.45, 2.75) is 45.0 Å². The van der Waals surface area contributed by atoms with Crippen molar-refractivity contribution < 1.29 is 13.6 Å². The van der Waals surface area contributed by atoms with E-state index in [1.807, 2.05) is 6.92 Å². The maximum Gasteiger partial charge on any atom is 0.248 e. The van der Waals surface area contributed by atoms with E-state index in [9.17, 15) is 13.6 Å². The van der Waals surface area contributed by atoms with Crippen LogP contribution in [-0.4, -0.2) is 29.8 Å². The maximum absolute atomic E-state index is 13.1. The number of nitrogens with zero attached hydrogens (tertiary/aromatic N) is 2. The fourth-order valence-corrected chi connectivity index (χ4v) is 2.75. The predicted molar refractivity (Wildman–Crippen MR) is 61.8 cm³/mol. The summed E-state index contributed by atoms with van der Waals surface area (Å²) in [4.78, 5) is 13.8. The highest BCUT2D eigenvalue weighted by Gasteiger charge is 2.44. The van der Waals surface area contributed by atoms with Crippen molar-refractivity contribution in [2.24, 2.45) is 11.3 Å². The molecule has 2 aliphatic rings. The van der Waals surface area contributed by atoms with Gasteiger partial charge >= 0.3 is 0 Å². The van der Waals surface area contributed by atoms with Gasteiger partial charge in [0.1, 0.15) is 0 Å². The van der Waals surface area contributed by atoms with Gasteiger partial charge in [0.15, 0.2) is 0 Å². The van der Waals surface area contributed by atoms with Crippen LogP contribution < -0.4 is 0 Å². The number of hydrogen-bond donors (Lipinski definition) is 0. The van der Waals surface area contributed by atoms with Crippen LogP contribution in [0.5, 0.6) is 0 Å². The largest absolute Gasteiger partial charge is 0.342 e. The standard InChI is InChI=1S/C13H18F2N2O/c1-12(9-16)4-6-17(7-5-12)11(18)10-2-3-13(14,15)8-10/h10H,2-8H2,1H3. The van der Waals surface area contributed by atoms with Crippen molar-refractivity contribution in [3.8, 4) is 6.07 Å². The molecule has 1 amide bonds. The second-order valence-corrected chi connectivity index (χ2v) is 5.79. The van der Waals surface area contributed by atoms with Crippen LogP contribution >= 0.6 is 0 Å². The molecule has 3 nitrogen and oxygen atoms in total. The van der Waals surface area contributed by atoms with Gasteiger partial charge in [0.2, 0.25) is 11.8 Å². The zero-order valence-corrected chi connectivity index (χ0v) is 10.6. The Bertz CT molecular complexity index is 381. The third kappa shape index (κ3) is 2.63. The molecule has 100 valence electrons. The number of likely N-dealkylation sites (tertiary alicyclic amines) is 1. The Kier molecular flexibility index (Phi) is 3.31. The molecule has 0 bridgehead atoms. The van der Waals surface area contributed by atoms with Crippen LogP contribution in [0.3, 0.4) is 0 Å². The van der Waals surface area contributed by atoms with E-state index in [0.717, 1.165) is 0 Å². The summed E-state index contributed by atoms with van der Waals surface area (Å²) in [5.74, 6) is -3.34. The number of rotatable bonds is 1. The van der Waals surface area contributed by atoms with Gasteiger partial charge in [-0.15, -0.1) is 0 Å². The number of halogens is 2. The average Bonchev–Trinajstić information content (AvgIpc) is 2.70. The van der Waals surface area contributed by atoms with E-state index in [0.29, 0.717) is 25.9 Å². The van der Waals surface area contributed by atoms with Crippen molar-refractivity contribution >= 4 is 5.91 Å². The SMILES string of the molecule is CC1(C#N)CCN(C(=O)C2CCC(F)(F)C2)CC1. The molecule has 0 N–H and O–H groups in total. The number of piperidine rings is 1. The first kappa shape index (κ1) is 13.3. The number of carbonyl (C=O) groups is 1. The normalized spacial score (nSPS) is 29.9. The molecular weight excluding hydrogens is 238 g/mol. The van der Waals surface area contributed by atoms with Crippen LogP contribution in [0.25, 0.3) is 0 Å². The van der Waals surface area contributed by atoms with E-state index in [1.165, 1.54) is 0 Å². The summed E-state index contributed by atoms with van der Waals surface area (Å²) in [5.41, 5.74) is -0.365. The fraction of sp³-hybridized carbons (Fsp3) is 0.846. The fourth-order valence-electron chi connectivity index (χ4n) is 2.75. The molecule has 2 rings (SSSR count). The van der Waals surface area contributed by atoms with Crippen LogP contribution in [0.1, 0.15) is 39.0 Å². The van der Waals surface area contributed by atoms with Crippen molar-refractivity contribution in [3.05, 3.63) is 0 Å². The van der Waals surface area contributed by atoms with Gasteiger partial charge in [0.25, 0.3) is 0 Å². The van der Waals surface area contributed by atoms with Gasteiger partial charge in [-0.2, -0.15) is 5.26 Å². The van der Waals surface area contributed by atoms with E-state index in [2.05, 4.69) is 6.07 Å². The lowest BCUT2D eigenvalue weighted by atomic mass is 9.81. The average molecular weight is 256 g/mol. The molecule has 1 unspecified atom stereocenters. The van der Waals surface area contributed by atoms with E-state index in [4.69, 9.17) is 5.26 Å². The molecule has 0 spiro atoms. The second kappa shape index (κ2) is 4.49. The van der Waals surface area contributed by atoms with Gasteiger partial charge in [-0.05, 0) is 26.2 Å². The summed E-state index contributed by atoms with van der Waals surface area (Å²) in [7, 11) is 0. The molecule has 1 aliphatic carbocycles. The van der Waals surface area contributed by atoms with Gasteiger partial charge in [0.05, 0.1) is 11.5 Å². The summed E-state index contributed by atoms with van der Waals surface area (Å²) < 4.78 is 26.2. The highest BCUT2D eigenvalue weighted by atomic mass is 19.3. The van der Waals surface area contributed by atoms with Crippen molar-refractivity contribution in [1.29, 1.82) is 5.26 Å². The smallest absolute Gasteiger partial charge is 0.248 e. The molecule has 1 heterocycles. The van der Waals surface area contributed by atoms with Crippen LogP contribution in [0.2, 0.25) is 0 Å². The minimum Gasteiger partial charge on any atom is -0.342 e. The van der Waals surface area contributed by atoms with Crippen molar-refractivity contribution in [2.75, 3.05) is 13.1 Å². The minimum atomic E-state index is -2.67. The zero-order valence-electron chi connectivity index (χ0n) is 10.6. The predicted octanol–water partition coefficient (Wildman–Crippen LogP) is 2.57. The van der Waals surface area contributed by atoms with Gasteiger partial charge in [-0.1, -0.05) is 0 Å². The zero-order chi connectivity index (χ0) is 13.4. The Hall–Kier alpha value is -1.18. The molecule has 1 saturated carbocycles. The minimum absolute atomic E-state index is 0.146. The summed E-state index contributed by atoms with van der Waals surface area (Å²) in [6.45, 7) is 2.93. The molecule has 0 radical (unpaired) electrons. The number of hydrogen-bond acceptors (Lipinski definition) is 2.